The van der Waals surface area contributed by atoms with Crippen LogP contribution in [0.4, 0.5) is 0 Å². The van der Waals surface area contributed by atoms with Crippen molar-refractivity contribution in [2.24, 2.45) is 0 Å². The van der Waals surface area contributed by atoms with Crippen molar-refractivity contribution in [3.05, 3.63) is 24.0 Å². The molecule has 15 heavy (non-hydrogen) atoms. The van der Waals surface area contributed by atoms with Gasteiger partial charge in [0.25, 0.3) is 0 Å². The quantitative estimate of drug-likeness (QED) is 0.841. The maximum absolute atomic E-state index is 5.17. The highest BCUT2D eigenvalue weighted by atomic mass is 35.5. The highest BCUT2D eigenvalue weighted by Crippen LogP contribution is 2.26. The number of piperidine rings is 1. The van der Waals surface area contributed by atoms with Crippen LogP contribution in [0.5, 0.6) is 5.75 Å². The predicted molar refractivity (Wildman–Crippen MR) is 62.9 cm³/mol. The second kappa shape index (κ2) is 5.93. The average Bonchev–Trinajstić information content (AvgIpc) is 2.30. The zero-order valence-electron chi connectivity index (χ0n) is 8.90. The number of methoxy groups -OCH3 is 1. The Labute approximate surface area is 96.7 Å². The number of nitrogens with zero attached hydrogens (tertiary/aromatic N) is 1. The van der Waals surface area contributed by atoms with Crippen molar-refractivity contribution in [2.45, 2.75) is 18.8 Å². The maximum Gasteiger partial charge on any atom is 0.137 e. The molecule has 1 aromatic heterocycles. The third-order valence-corrected chi connectivity index (χ3v) is 2.78. The number of nitrogens with one attached hydrogen (secondary N) is 1. The molecule has 0 amide bonds. The number of hydrogen-bond acceptors (Lipinski definition) is 3. The van der Waals surface area contributed by atoms with Gasteiger partial charge in [-0.1, -0.05) is 0 Å². The van der Waals surface area contributed by atoms with E-state index in [0.29, 0.717) is 5.92 Å². The summed E-state index contributed by atoms with van der Waals surface area (Å²) in [5.74, 6) is 1.51. The fourth-order valence-electron chi connectivity index (χ4n) is 1.93. The molecule has 2 rings (SSSR count). The van der Waals surface area contributed by atoms with Gasteiger partial charge in [-0.05, 0) is 43.5 Å². The van der Waals surface area contributed by atoms with Crippen molar-refractivity contribution in [2.75, 3.05) is 20.2 Å². The second-order valence-electron chi connectivity index (χ2n) is 3.68. The van der Waals surface area contributed by atoms with Gasteiger partial charge in [0.15, 0.2) is 0 Å². The molecule has 0 saturated carbocycles. The summed E-state index contributed by atoms with van der Waals surface area (Å²) in [7, 11) is 1.68. The number of ether oxygens (including phenoxy) is 1. The first-order chi connectivity index (χ1) is 6.90. The minimum Gasteiger partial charge on any atom is -0.495 e. The molecule has 1 saturated heterocycles. The molecule has 3 nitrogen and oxygen atoms in total. The SMILES string of the molecule is COc1cncc(C2CCNCC2)c1.Cl. The van der Waals surface area contributed by atoms with Crippen LogP contribution in [-0.4, -0.2) is 25.2 Å². The van der Waals surface area contributed by atoms with Gasteiger partial charge in [-0.15, -0.1) is 12.4 Å². The third-order valence-electron chi connectivity index (χ3n) is 2.78. The molecule has 84 valence electrons. The van der Waals surface area contributed by atoms with E-state index in [4.69, 9.17) is 4.74 Å². The van der Waals surface area contributed by atoms with Gasteiger partial charge in [-0.25, -0.2) is 0 Å². The van der Waals surface area contributed by atoms with Crippen molar-refractivity contribution < 1.29 is 4.74 Å². The fourth-order valence-corrected chi connectivity index (χ4v) is 1.93. The first-order valence-electron chi connectivity index (χ1n) is 5.10. The van der Waals surface area contributed by atoms with Crippen molar-refractivity contribution in [1.29, 1.82) is 0 Å². The summed E-state index contributed by atoms with van der Waals surface area (Å²) >= 11 is 0. The van der Waals surface area contributed by atoms with Gasteiger partial charge < -0.3 is 10.1 Å². The molecule has 0 atom stereocenters. The van der Waals surface area contributed by atoms with E-state index in [0.717, 1.165) is 18.8 Å². The fraction of sp³-hybridized carbons (Fsp3) is 0.545. The van der Waals surface area contributed by atoms with Crippen LogP contribution in [0, 0.1) is 0 Å². The molecule has 1 aliphatic heterocycles. The highest BCUT2D eigenvalue weighted by Gasteiger charge is 2.15. The van der Waals surface area contributed by atoms with Crippen molar-refractivity contribution >= 4 is 12.4 Å². The summed E-state index contributed by atoms with van der Waals surface area (Å²) in [6, 6.07) is 2.10. The first-order valence-corrected chi connectivity index (χ1v) is 5.10. The minimum absolute atomic E-state index is 0. The van der Waals surface area contributed by atoms with Gasteiger partial charge in [0.05, 0.1) is 13.3 Å². The van der Waals surface area contributed by atoms with Crippen LogP contribution in [0.3, 0.4) is 0 Å². The van der Waals surface area contributed by atoms with Gasteiger partial charge in [-0.2, -0.15) is 0 Å². The molecule has 2 heterocycles. The van der Waals surface area contributed by atoms with Crippen LogP contribution in [0.25, 0.3) is 0 Å². The summed E-state index contributed by atoms with van der Waals surface area (Å²) in [5, 5.41) is 3.36. The molecule has 0 radical (unpaired) electrons. The summed E-state index contributed by atoms with van der Waals surface area (Å²) in [6.07, 6.45) is 6.12. The topological polar surface area (TPSA) is 34.1 Å². The third kappa shape index (κ3) is 3.08. The lowest BCUT2D eigenvalue weighted by molar-refractivity contribution is 0.409. The van der Waals surface area contributed by atoms with Gasteiger partial charge >= 0.3 is 0 Å². The van der Waals surface area contributed by atoms with Crippen molar-refractivity contribution in [1.82, 2.24) is 10.3 Å². The Morgan fingerprint density at radius 1 is 1.33 bits per heavy atom. The molecular formula is C11H17ClN2O. The number of rotatable bonds is 2. The van der Waals surface area contributed by atoms with E-state index in [2.05, 4.69) is 16.4 Å². The van der Waals surface area contributed by atoms with Gasteiger partial charge in [0, 0.05) is 6.20 Å². The smallest absolute Gasteiger partial charge is 0.137 e. The molecular weight excluding hydrogens is 212 g/mol. The van der Waals surface area contributed by atoms with Crippen LogP contribution < -0.4 is 10.1 Å². The van der Waals surface area contributed by atoms with Gasteiger partial charge in [0.1, 0.15) is 5.75 Å². The standard InChI is InChI=1S/C11H16N2O.ClH/c1-14-11-6-10(7-13-8-11)9-2-4-12-5-3-9;/h6-9,12H,2-5H2,1H3;1H. The average molecular weight is 229 g/mol. The van der Waals surface area contributed by atoms with E-state index in [1.165, 1.54) is 18.4 Å². The Bertz CT molecular complexity index is 300. The molecule has 0 spiro atoms. The molecule has 4 heteroatoms. The van der Waals surface area contributed by atoms with Crippen LogP contribution >= 0.6 is 12.4 Å². The van der Waals surface area contributed by atoms with E-state index in [-0.39, 0.29) is 12.4 Å². The summed E-state index contributed by atoms with van der Waals surface area (Å²) in [4.78, 5) is 4.19. The number of hydrogen-bond donors (Lipinski definition) is 1. The Hall–Kier alpha value is -0.800. The van der Waals surface area contributed by atoms with Crippen LogP contribution in [-0.2, 0) is 0 Å². The lowest BCUT2D eigenvalue weighted by Gasteiger charge is -2.22. The lowest BCUT2D eigenvalue weighted by atomic mass is 9.91. The lowest BCUT2D eigenvalue weighted by Crippen LogP contribution is -2.26. The number of aromatic nitrogens is 1. The minimum atomic E-state index is 0. The molecule has 1 aliphatic rings. The first kappa shape index (κ1) is 12.3. The van der Waals surface area contributed by atoms with Gasteiger partial charge in [-0.3, -0.25) is 4.98 Å². The zero-order valence-corrected chi connectivity index (χ0v) is 9.72. The second-order valence-corrected chi connectivity index (χ2v) is 3.68. The molecule has 1 fully saturated rings. The van der Waals surface area contributed by atoms with Crippen LogP contribution in [0.2, 0.25) is 0 Å². The van der Waals surface area contributed by atoms with Crippen LogP contribution in [0.1, 0.15) is 24.3 Å². The Balaban J connectivity index is 0.00000112. The molecule has 0 unspecified atom stereocenters. The molecule has 1 N–H and O–H groups in total. The zero-order chi connectivity index (χ0) is 9.80. The van der Waals surface area contributed by atoms with E-state index >= 15 is 0 Å². The molecule has 0 aliphatic carbocycles. The number of halogens is 1. The maximum atomic E-state index is 5.17. The van der Waals surface area contributed by atoms with Crippen LogP contribution in [0.15, 0.2) is 18.5 Å². The van der Waals surface area contributed by atoms with Crippen molar-refractivity contribution in [3.63, 3.8) is 0 Å². The largest absolute Gasteiger partial charge is 0.495 e. The predicted octanol–water partition coefficient (Wildman–Crippen LogP) is 1.98. The van der Waals surface area contributed by atoms with E-state index in [1.54, 1.807) is 13.3 Å². The van der Waals surface area contributed by atoms with E-state index in [1.807, 2.05) is 6.20 Å². The normalized spacial score (nSPS) is 16.9. The molecule has 1 aromatic rings. The number of pyridine rings is 1. The monoisotopic (exact) mass is 228 g/mol. The summed E-state index contributed by atoms with van der Waals surface area (Å²) in [6.45, 7) is 2.23. The van der Waals surface area contributed by atoms with Gasteiger partial charge in [0.2, 0.25) is 0 Å². The Morgan fingerprint density at radius 2 is 2.07 bits per heavy atom. The molecule has 0 bridgehead atoms. The Morgan fingerprint density at radius 3 is 2.73 bits per heavy atom. The summed E-state index contributed by atoms with van der Waals surface area (Å²) < 4.78 is 5.17. The van der Waals surface area contributed by atoms with E-state index in [9.17, 15) is 0 Å². The molecule has 0 aromatic carbocycles. The van der Waals surface area contributed by atoms with E-state index < -0.39 is 0 Å². The van der Waals surface area contributed by atoms with Crippen molar-refractivity contribution in [3.8, 4) is 5.75 Å². The highest BCUT2D eigenvalue weighted by molar-refractivity contribution is 5.85. The Kier molecular flexibility index (Phi) is 4.85. The summed E-state index contributed by atoms with van der Waals surface area (Å²) in [5.41, 5.74) is 1.31.